The minimum Gasteiger partial charge on any atom is -0.481 e. The van der Waals surface area contributed by atoms with Gasteiger partial charge >= 0.3 is 12.0 Å². The second kappa shape index (κ2) is 8.76. The lowest BCUT2D eigenvalue weighted by Crippen LogP contribution is -2.47. The first-order valence-corrected chi connectivity index (χ1v) is 6.61. The van der Waals surface area contributed by atoms with Crippen LogP contribution in [-0.2, 0) is 9.53 Å². The van der Waals surface area contributed by atoms with Gasteiger partial charge in [0, 0.05) is 26.7 Å². The number of aliphatic hydroxyl groups is 1. The number of carboxylic acid groups (broad SMARTS) is 1. The molecule has 0 aliphatic rings. The van der Waals surface area contributed by atoms with Crippen LogP contribution >= 0.6 is 0 Å². The van der Waals surface area contributed by atoms with E-state index in [1.54, 1.807) is 20.8 Å². The fourth-order valence-corrected chi connectivity index (χ4v) is 1.54. The van der Waals surface area contributed by atoms with Gasteiger partial charge in [0.15, 0.2) is 0 Å². The van der Waals surface area contributed by atoms with E-state index in [4.69, 9.17) is 14.9 Å². The molecule has 0 aromatic heterocycles. The summed E-state index contributed by atoms with van der Waals surface area (Å²) >= 11 is 0. The van der Waals surface area contributed by atoms with Gasteiger partial charge in [-0.3, -0.25) is 4.79 Å². The van der Waals surface area contributed by atoms with Gasteiger partial charge in [-0.1, -0.05) is 20.8 Å². The first kappa shape index (κ1) is 18.7. The third-order valence-electron chi connectivity index (χ3n) is 3.46. The predicted molar refractivity (Wildman–Crippen MR) is 74.5 cm³/mol. The lowest BCUT2D eigenvalue weighted by molar-refractivity contribution is -0.144. The van der Waals surface area contributed by atoms with Crippen LogP contribution in [0.1, 0.15) is 20.8 Å². The van der Waals surface area contributed by atoms with Gasteiger partial charge < -0.3 is 25.2 Å². The van der Waals surface area contributed by atoms with Crippen molar-refractivity contribution in [1.82, 2.24) is 10.2 Å². The van der Waals surface area contributed by atoms with E-state index >= 15 is 0 Å². The average molecular weight is 290 g/mol. The fraction of sp³-hybridized carbons (Fsp3) is 0.846. The van der Waals surface area contributed by atoms with Gasteiger partial charge in [0.1, 0.15) is 0 Å². The van der Waals surface area contributed by atoms with E-state index in [-0.39, 0.29) is 25.7 Å². The number of hydrogen-bond donors (Lipinski definition) is 3. The van der Waals surface area contributed by atoms with Crippen molar-refractivity contribution in [3.05, 3.63) is 0 Å². The quantitative estimate of drug-likeness (QED) is 0.570. The minimum absolute atomic E-state index is 0.133. The number of carbonyl (C=O) groups excluding carboxylic acids is 1. The molecule has 7 nitrogen and oxygen atoms in total. The van der Waals surface area contributed by atoms with Crippen LogP contribution in [0.5, 0.6) is 0 Å². The zero-order valence-electron chi connectivity index (χ0n) is 12.7. The molecule has 0 aliphatic heterocycles. The van der Waals surface area contributed by atoms with E-state index in [1.165, 1.54) is 12.0 Å². The number of carboxylic acids is 1. The second-order valence-electron chi connectivity index (χ2n) is 5.41. The Kier molecular flexibility index (Phi) is 8.17. The first-order chi connectivity index (χ1) is 9.26. The zero-order valence-corrected chi connectivity index (χ0v) is 12.7. The number of urea groups is 1. The summed E-state index contributed by atoms with van der Waals surface area (Å²) in [6.07, 6.45) is 0. The maximum atomic E-state index is 12.0. The van der Waals surface area contributed by atoms with Gasteiger partial charge in [0.2, 0.25) is 0 Å². The molecule has 0 saturated heterocycles. The number of rotatable bonds is 9. The molecule has 0 heterocycles. The number of aliphatic carboxylic acids is 1. The van der Waals surface area contributed by atoms with Crippen LogP contribution in [0.2, 0.25) is 0 Å². The minimum atomic E-state index is -0.893. The van der Waals surface area contributed by atoms with E-state index in [1.807, 2.05) is 0 Å². The van der Waals surface area contributed by atoms with Crippen LogP contribution in [0.25, 0.3) is 0 Å². The largest absolute Gasteiger partial charge is 0.481 e. The molecule has 0 spiro atoms. The highest BCUT2D eigenvalue weighted by Crippen LogP contribution is 2.25. The van der Waals surface area contributed by atoms with E-state index < -0.39 is 17.3 Å². The van der Waals surface area contributed by atoms with Crippen molar-refractivity contribution >= 4 is 12.0 Å². The molecule has 0 fully saturated rings. The molecule has 1 atom stereocenters. The van der Waals surface area contributed by atoms with E-state index in [0.29, 0.717) is 13.2 Å². The molecule has 118 valence electrons. The number of hydrogen-bond acceptors (Lipinski definition) is 4. The van der Waals surface area contributed by atoms with Crippen molar-refractivity contribution in [2.24, 2.45) is 11.3 Å². The highest BCUT2D eigenvalue weighted by atomic mass is 16.5. The van der Waals surface area contributed by atoms with Crippen LogP contribution in [0.15, 0.2) is 0 Å². The average Bonchev–Trinajstić information content (AvgIpc) is 2.39. The summed E-state index contributed by atoms with van der Waals surface area (Å²) in [6.45, 7) is 6.27. The van der Waals surface area contributed by atoms with Gasteiger partial charge in [0.25, 0.3) is 0 Å². The Labute approximate surface area is 119 Å². The van der Waals surface area contributed by atoms with Crippen molar-refractivity contribution in [2.45, 2.75) is 20.8 Å². The van der Waals surface area contributed by atoms with Crippen molar-refractivity contribution in [3.8, 4) is 0 Å². The Morgan fingerprint density at radius 3 is 2.40 bits per heavy atom. The first-order valence-electron chi connectivity index (χ1n) is 6.61. The smallest absolute Gasteiger partial charge is 0.317 e. The highest BCUT2D eigenvalue weighted by Gasteiger charge is 2.32. The van der Waals surface area contributed by atoms with Gasteiger partial charge in [0.05, 0.1) is 19.1 Å². The molecule has 0 aromatic carbocycles. The number of ether oxygens (including phenoxy) is 1. The van der Waals surface area contributed by atoms with Crippen LogP contribution in [-0.4, -0.2) is 67.1 Å². The molecule has 0 aromatic rings. The molecule has 0 radical (unpaired) electrons. The Bertz CT molecular complexity index is 320. The molecule has 0 unspecified atom stereocenters. The van der Waals surface area contributed by atoms with Crippen molar-refractivity contribution < 1.29 is 24.5 Å². The van der Waals surface area contributed by atoms with Gasteiger partial charge in [-0.15, -0.1) is 0 Å². The molecular formula is C13H26N2O5. The summed E-state index contributed by atoms with van der Waals surface area (Å²) in [7, 11) is 1.53. The number of carbonyl (C=O) groups is 2. The fourth-order valence-electron chi connectivity index (χ4n) is 1.54. The SMILES string of the molecule is COCCN(CCO)C(=O)NCC(C)(C)[C@H](C)C(=O)O. The topological polar surface area (TPSA) is 99.1 Å². The number of methoxy groups -OCH3 is 1. The molecule has 0 rings (SSSR count). The monoisotopic (exact) mass is 290 g/mol. The lowest BCUT2D eigenvalue weighted by atomic mass is 9.80. The van der Waals surface area contributed by atoms with Crippen LogP contribution in [0.3, 0.4) is 0 Å². The summed E-state index contributed by atoms with van der Waals surface area (Å²) in [4.78, 5) is 24.4. The van der Waals surface area contributed by atoms with Gasteiger partial charge in [-0.2, -0.15) is 0 Å². The molecule has 20 heavy (non-hydrogen) atoms. The normalized spacial score (nSPS) is 12.8. The molecule has 3 N–H and O–H groups in total. The second-order valence-corrected chi connectivity index (χ2v) is 5.41. The number of aliphatic hydroxyl groups excluding tert-OH is 1. The molecule has 0 saturated carbocycles. The van der Waals surface area contributed by atoms with Gasteiger partial charge in [-0.05, 0) is 5.41 Å². The summed E-state index contributed by atoms with van der Waals surface area (Å²) < 4.78 is 4.90. The van der Waals surface area contributed by atoms with Crippen LogP contribution in [0.4, 0.5) is 4.79 Å². The summed E-state index contributed by atoms with van der Waals surface area (Å²) in [6, 6.07) is -0.332. The van der Waals surface area contributed by atoms with E-state index in [0.717, 1.165) is 0 Å². The summed E-state index contributed by atoms with van der Waals surface area (Å²) in [5.41, 5.74) is -0.562. The Morgan fingerprint density at radius 2 is 1.95 bits per heavy atom. The number of amides is 2. The maximum absolute atomic E-state index is 12.0. The van der Waals surface area contributed by atoms with Crippen molar-refractivity contribution in [2.75, 3.05) is 40.0 Å². The zero-order chi connectivity index (χ0) is 15.8. The third kappa shape index (κ3) is 6.21. The van der Waals surface area contributed by atoms with E-state index in [2.05, 4.69) is 5.32 Å². The molecule has 0 bridgehead atoms. The standard InChI is InChI=1S/C13H26N2O5/c1-10(11(17)18)13(2,3)9-14-12(19)15(5-7-16)6-8-20-4/h10,16H,5-9H2,1-4H3,(H,14,19)(H,17,18)/t10-/m1/s1. The molecule has 7 heteroatoms. The maximum Gasteiger partial charge on any atom is 0.317 e. The Hall–Kier alpha value is -1.34. The van der Waals surface area contributed by atoms with Gasteiger partial charge in [-0.25, -0.2) is 4.79 Å². The molecule has 2 amide bonds. The van der Waals surface area contributed by atoms with E-state index in [9.17, 15) is 9.59 Å². The molecular weight excluding hydrogens is 264 g/mol. The lowest BCUT2D eigenvalue weighted by Gasteiger charge is -2.30. The Morgan fingerprint density at radius 1 is 1.35 bits per heavy atom. The number of nitrogens with one attached hydrogen (secondary N) is 1. The Balaban J connectivity index is 4.45. The van der Waals surface area contributed by atoms with Crippen LogP contribution < -0.4 is 5.32 Å². The van der Waals surface area contributed by atoms with Crippen molar-refractivity contribution in [3.63, 3.8) is 0 Å². The van der Waals surface area contributed by atoms with Crippen molar-refractivity contribution in [1.29, 1.82) is 0 Å². The summed E-state index contributed by atoms with van der Waals surface area (Å²) in [5.74, 6) is -1.47. The molecule has 0 aliphatic carbocycles. The van der Waals surface area contributed by atoms with Crippen LogP contribution in [0, 0.1) is 11.3 Å². The predicted octanol–water partition coefficient (Wildman–Crippen LogP) is 0.384. The third-order valence-corrected chi connectivity index (χ3v) is 3.46. The summed E-state index contributed by atoms with van der Waals surface area (Å²) in [5, 5.41) is 20.7. The number of nitrogens with zero attached hydrogens (tertiary/aromatic N) is 1. The highest BCUT2D eigenvalue weighted by molar-refractivity contribution is 5.74.